The maximum absolute atomic E-state index is 13.0. The summed E-state index contributed by atoms with van der Waals surface area (Å²) >= 11 is 0. The van der Waals surface area contributed by atoms with Gasteiger partial charge in [0.2, 0.25) is 11.8 Å². The van der Waals surface area contributed by atoms with Gasteiger partial charge in [0.1, 0.15) is 12.2 Å². The number of aromatic nitrogens is 2. The lowest BCUT2D eigenvalue weighted by Crippen LogP contribution is -2.32. The minimum absolute atomic E-state index is 0.157. The van der Waals surface area contributed by atoms with Gasteiger partial charge < -0.3 is 15.0 Å². The second-order valence-corrected chi connectivity index (χ2v) is 6.32. The van der Waals surface area contributed by atoms with Gasteiger partial charge >= 0.3 is 0 Å². The van der Waals surface area contributed by atoms with E-state index in [9.17, 15) is 9.59 Å². The lowest BCUT2D eigenvalue weighted by Gasteiger charge is -2.19. The van der Waals surface area contributed by atoms with Gasteiger partial charge in [-0.1, -0.05) is 30.3 Å². The molecule has 1 aromatic heterocycles. The Bertz CT molecular complexity index is 1040. The van der Waals surface area contributed by atoms with Gasteiger partial charge in [0.15, 0.2) is 5.82 Å². The van der Waals surface area contributed by atoms with E-state index in [2.05, 4.69) is 15.3 Å². The summed E-state index contributed by atoms with van der Waals surface area (Å²) in [6, 6.07) is 16.6. The molecule has 0 spiro atoms. The molecule has 2 aromatic carbocycles. The number of carbonyl (C=O) groups is 2. The predicted octanol–water partition coefficient (Wildman–Crippen LogP) is 3.14. The predicted molar refractivity (Wildman–Crippen MR) is 105 cm³/mol. The lowest BCUT2D eigenvalue weighted by atomic mass is 10.1. The van der Waals surface area contributed by atoms with Crippen LogP contribution in [0.25, 0.3) is 11.4 Å². The average Bonchev–Trinajstić information content (AvgIpc) is 2.87. The number of anilines is 2. The van der Waals surface area contributed by atoms with Gasteiger partial charge in [-0.25, -0.2) is 4.98 Å². The standard InChI is InChI=1S/C21H18N4O3/c1-14(26)23-16-7-5-6-15(12-16)19-22-13-18-20(24-19)28-11-10-25(21(18)27)17-8-3-2-4-9-17/h2-9,12-13H,10-11H2,1H3,(H,23,26). The number of ether oxygens (including phenoxy) is 1. The van der Waals surface area contributed by atoms with E-state index >= 15 is 0 Å². The average molecular weight is 374 g/mol. The highest BCUT2D eigenvalue weighted by molar-refractivity contribution is 6.07. The SMILES string of the molecule is CC(=O)Nc1cccc(-c2ncc3c(n2)OCCN(c2ccccc2)C3=O)c1. The number of fused-ring (bicyclic) bond motifs is 1. The molecule has 0 unspecified atom stereocenters. The van der Waals surface area contributed by atoms with Crippen LogP contribution in [0.5, 0.6) is 5.88 Å². The van der Waals surface area contributed by atoms with E-state index in [-0.39, 0.29) is 17.7 Å². The highest BCUT2D eigenvalue weighted by Gasteiger charge is 2.26. The number of nitrogens with one attached hydrogen (secondary N) is 1. The fraction of sp³-hybridized carbons (Fsp3) is 0.143. The molecule has 3 aromatic rings. The molecule has 2 heterocycles. The normalized spacial score (nSPS) is 13.3. The number of para-hydroxylation sites is 1. The molecule has 2 amide bonds. The van der Waals surface area contributed by atoms with E-state index < -0.39 is 0 Å². The molecule has 1 aliphatic heterocycles. The topological polar surface area (TPSA) is 84.4 Å². The maximum atomic E-state index is 13.0. The molecule has 4 rings (SSSR count). The number of hydrogen-bond donors (Lipinski definition) is 1. The van der Waals surface area contributed by atoms with Gasteiger partial charge in [-0.05, 0) is 24.3 Å². The summed E-state index contributed by atoms with van der Waals surface area (Å²) in [5, 5.41) is 2.73. The van der Waals surface area contributed by atoms with Crippen LogP contribution >= 0.6 is 0 Å². The molecule has 140 valence electrons. The summed E-state index contributed by atoms with van der Waals surface area (Å²) < 4.78 is 5.74. The molecular formula is C21H18N4O3. The minimum atomic E-state index is -0.197. The molecular weight excluding hydrogens is 356 g/mol. The number of benzene rings is 2. The van der Waals surface area contributed by atoms with Crippen molar-refractivity contribution in [2.75, 3.05) is 23.4 Å². The van der Waals surface area contributed by atoms with Crippen LogP contribution in [0.2, 0.25) is 0 Å². The van der Waals surface area contributed by atoms with Gasteiger partial charge in [-0.15, -0.1) is 0 Å². The second kappa shape index (κ2) is 7.48. The molecule has 0 saturated heterocycles. The molecule has 0 radical (unpaired) electrons. The fourth-order valence-electron chi connectivity index (χ4n) is 3.04. The van der Waals surface area contributed by atoms with Crippen LogP contribution in [-0.2, 0) is 4.79 Å². The number of rotatable bonds is 3. The van der Waals surface area contributed by atoms with Crippen LogP contribution < -0.4 is 15.0 Å². The van der Waals surface area contributed by atoms with Crippen LogP contribution in [0.15, 0.2) is 60.8 Å². The number of nitrogens with zero attached hydrogens (tertiary/aromatic N) is 3. The van der Waals surface area contributed by atoms with Gasteiger partial charge in [0.05, 0.1) is 6.54 Å². The molecule has 1 aliphatic rings. The molecule has 7 heteroatoms. The van der Waals surface area contributed by atoms with E-state index in [1.807, 2.05) is 36.4 Å². The Balaban J connectivity index is 1.67. The van der Waals surface area contributed by atoms with Crippen LogP contribution in [0.4, 0.5) is 11.4 Å². The van der Waals surface area contributed by atoms with E-state index in [1.54, 1.807) is 23.1 Å². The van der Waals surface area contributed by atoms with E-state index in [1.165, 1.54) is 13.1 Å². The third-order valence-electron chi connectivity index (χ3n) is 4.29. The molecule has 0 fully saturated rings. The van der Waals surface area contributed by atoms with Gasteiger partial charge in [0, 0.05) is 30.1 Å². The van der Waals surface area contributed by atoms with E-state index in [0.29, 0.717) is 35.8 Å². The molecule has 0 atom stereocenters. The Morgan fingerprint density at radius 2 is 1.96 bits per heavy atom. The second-order valence-electron chi connectivity index (χ2n) is 6.32. The molecule has 0 aliphatic carbocycles. The largest absolute Gasteiger partial charge is 0.475 e. The highest BCUT2D eigenvalue weighted by atomic mass is 16.5. The first-order valence-electron chi connectivity index (χ1n) is 8.86. The number of hydrogen-bond acceptors (Lipinski definition) is 5. The first-order chi connectivity index (χ1) is 13.6. The van der Waals surface area contributed by atoms with Crippen molar-refractivity contribution in [1.29, 1.82) is 0 Å². The van der Waals surface area contributed by atoms with E-state index in [4.69, 9.17) is 4.74 Å². The number of carbonyl (C=O) groups excluding carboxylic acids is 2. The van der Waals surface area contributed by atoms with Gasteiger partial charge in [-0.3, -0.25) is 9.59 Å². The number of amides is 2. The van der Waals surface area contributed by atoms with Crippen LogP contribution in [0.3, 0.4) is 0 Å². The zero-order chi connectivity index (χ0) is 19.5. The summed E-state index contributed by atoms with van der Waals surface area (Å²) in [4.78, 5) is 34.7. The molecule has 0 saturated carbocycles. The Labute approximate surface area is 162 Å². The van der Waals surface area contributed by atoms with Gasteiger partial charge in [0.25, 0.3) is 5.91 Å². The van der Waals surface area contributed by atoms with Crippen molar-refractivity contribution in [2.24, 2.45) is 0 Å². The van der Waals surface area contributed by atoms with Crippen molar-refractivity contribution >= 4 is 23.2 Å². The lowest BCUT2D eigenvalue weighted by molar-refractivity contribution is -0.114. The zero-order valence-electron chi connectivity index (χ0n) is 15.3. The van der Waals surface area contributed by atoms with Crippen molar-refractivity contribution in [3.05, 3.63) is 66.4 Å². The Kier molecular flexibility index (Phi) is 4.72. The van der Waals surface area contributed by atoms with Crippen LogP contribution in [0, 0.1) is 0 Å². The maximum Gasteiger partial charge on any atom is 0.265 e. The smallest absolute Gasteiger partial charge is 0.265 e. The van der Waals surface area contributed by atoms with Crippen molar-refractivity contribution in [2.45, 2.75) is 6.92 Å². The minimum Gasteiger partial charge on any atom is -0.475 e. The summed E-state index contributed by atoms with van der Waals surface area (Å²) in [5.74, 6) is 0.331. The van der Waals surface area contributed by atoms with Crippen LogP contribution in [0.1, 0.15) is 17.3 Å². The Morgan fingerprint density at radius 3 is 2.75 bits per heavy atom. The molecule has 1 N–H and O–H groups in total. The molecule has 28 heavy (non-hydrogen) atoms. The van der Waals surface area contributed by atoms with Crippen molar-refractivity contribution in [3.8, 4) is 17.3 Å². The van der Waals surface area contributed by atoms with Crippen molar-refractivity contribution in [1.82, 2.24) is 9.97 Å². The third kappa shape index (κ3) is 3.55. The summed E-state index contributed by atoms with van der Waals surface area (Å²) in [7, 11) is 0. The van der Waals surface area contributed by atoms with Crippen LogP contribution in [-0.4, -0.2) is 34.9 Å². The van der Waals surface area contributed by atoms with Crippen molar-refractivity contribution in [3.63, 3.8) is 0 Å². The van der Waals surface area contributed by atoms with Crippen molar-refractivity contribution < 1.29 is 14.3 Å². The first-order valence-corrected chi connectivity index (χ1v) is 8.86. The summed E-state index contributed by atoms with van der Waals surface area (Å²) in [5.41, 5.74) is 2.49. The zero-order valence-corrected chi connectivity index (χ0v) is 15.3. The summed E-state index contributed by atoms with van der Waals surface area (Å²) in [6.07, 6.45) is 1.49. The summed E-state index contributed by atoms with van der Waals surface area (Å²) in [6.45, 7) is 2.20. The third-order valence-corrected chi connectivity index (χ3v) is 4.29. The quantitative estimate of drug-likeness (QED) is 0.761. The first kappa shape index (κ1) is 17.7. The molecule has 0 bridgehead atoms. The Morgan fingerprint density at radius 1 is 1.14 bits per heavy atom. The highest BCUT2D eigenvalue weighted by Crippen LogP contribution is 2.27. The van der Waals surface area contributed by atoms with E-state index in [0.717, 1.165) is 5.69 Å². The molecule has 7 nitrogen and oxygen atoms in total. The van der Waals surface area contributed by atoms with Gasteiger partial charge in [-0.2, -0.15) is 4.98 Å². The monoisotopic (exact) mass is 374 g/mol. The fourth-order valence-corrected chi connectivity index (χ4v) is 3.04. The Hall–Kier alpha value is -3.74.